The summed E-state index contributed by atoms with van der Waals surface area (Å²) in [5, 5.41) is 12.2. The number of para-hydroxylation sites is 1. The molecule has 0 saturated heterocycles. The molecule has 0 aliphatic heterocycles. The lowest BCUT2D eigenvalue weighted by molar-refractivity contribution is 0.0695. The molecule has 2 aromatic rings. The van der Waals surface area contributed by atoms with Crippen molar-refractivity contribution in [3.63, 3.8) is 0 Å². The Kier molecular flexibility index (Phi) is 4.06. The van der Waals surface area contributed by atoms with E-state index < -0.39 is 5.97 Å². The number of hydrogen-bond donors (Lipinski definition) is 2. The Hall–Kier alpha value is -2.01. The third-order valence-electron chi connectivity index (χ3n) is 2.69. The first-order valence-electron chi connectivity index (χ1n) is 5.73. The van der Waals surface area contributed by atoms with E-state index in [9.17, 15) is 4.79 Å². The molecule has 1 heterocycles. The van der Waals surface area contributed by atoms with Gasteiger partial charge in [0.2, 0.25) is 0 Å². The highest BCUT2D eigenvalue weighted by Gasteiger charge is 2.09. The topological polar surface area (TPSA) is 62.2 Å². The Balaban J connectivity index is 2.29. The van der Waals surface area contributed by atoms with E-state index in [4.69, 9.17) is 5.11 Å². The fourth-order valence-corrected chi connectivity index (χ4v) is 2.30. The van der Waals surface area contributed by atoms with E-state index in [1.807, 2.05) is 30.5 Å². The zero-order chi connectivity index (χ0) is 13.8. The number of benzene rings is 1. The highest BCUT2D eigenvalue weighted by Crippen LogP contribution is 2.27. The fourth-order valence-electron chi connectivity index (χ4n) is 1.74. The molecule has 98 valence electrons. The van der Waals surface area contributed by atoms with Gasteiger partial charge in [-0.25, -0.2) is 9.78 Å². The van der Waals surface area contributed by atoms with Crippen LogP contribution in [-0.4, -0.2) is 22.3 Å². The predicted octanol–water partition coefficient (Wildman–Crippen LogP) is 3.55. The molecule has 0 aliphatic carbocycles. The lowest BCUT2D eigenvalue weighted by Gasteiger charge is -2.10. The molecule has 0 atom stereocenters. The van der Waals surface area contributed by atoms with E-state index in [2.05, 4.69) is 10.3 Å². The number of aryl methyl sites for hydroxylation is 1. The van der Waals surface area contributed by atoms with Gasteiger partial charge in [0.1, 0.15) is 5.82 Å². The van der Waals surface area contributed by atoms with Crippen molar-refractivity contribution in [2.24, 2.45) is 0 Å². The van der Waals surface area contributed by atoms with Gasteiger partial charge in [-0.3, -0.25) is 0 Å². The summed E-state index contributed by atoms with van der Waals surface area (Å²) in [6, 6.07) is 11.1. The Morgan fingerprint density at radius 1 is 1.26 bits per heavy atom. The first kappa shape index (κ1) is 13.4. The number of nitrogens with one attached hydrogen (secondary N) is 1. The van der Waals surface area contributed by atoms with Crippen LogP contribution < -0.4 is 5.32 Å². The van der Waals surface area contributed by atoms with Crippen LogP contribution in [0.2, 0.25) is 0 Å². The van der Waals surface area contributed by atoms with Gasteiger partial charge in [-0.15, -0.1) is 11.8 Å². The molecule has 0 amide bonds. The Morgan fingerprint density at radius 2 is 2.00 bits per heavy atom. The average molecular weight is 274 g/mol. The van der Waals surface area contributed by atoms with Gasteiger partial charge in [0.25, 0.3) is 0 Å². The number of aromatic nitrogens is 1. The summed E-state index contributed by atoms with van der Waals surface area (Å²) >= 11 is 1.64. The molecule has 0 aliphatic rings. The summed E-state index contributed by atoms with van der Waals surface area (Å²) in [5.74, 6) is -0.315. The minimum absolute atomic E-state index is 0.226. The summed E-state index contributed by atoms with van der Waals surface area (Å²) in [5.41, 5.74) is 1.69. The van der Waals surface area contributed by atoms with Crippen molar-refractivity contribution in [2.75, 3.05) is 11.6 Å². The molecule has 2 N–H and O–H groups in total. The van der Waals surface area contributed by atoms with Gasteiger partial charge in [-0.1, -0.05) is 12.1 Å². The number of pyridine rings is 1. The molecule has 2 rings (SSSR count). The average Bonchev–Trinajstić information content (AvgIpc) is 2.39. The smallest absolute Gasteiger partial charge is 0.337 e. The number of hydrogen-bond acceptors (Lipinski definition) is 4. The van der Waals surface area contributed by atoms with E-state index in [0.717, 1.165) is 10.6 Å². The number of carboxylic acid groups (broad SMARTS) is 1. The monoisotopic (exact) mass is 274 g/mol. The third-order valence-corrected chi connectivity index (χ3v) is 3.48. The first-order valence-corrected chi connectivity index (χ1v) is 6.95. The van der Waals surface area contributed by atoms with Crippen molar-refractivity contribution in [1.82, 2.24) is 4.98 Å². The van der Waals surface area contributed by atoms with Crippen molar-refractivity contribution < 1.29 is 9.90 Å². The van der Waals surface area contributed by atoms with Crippen LogP contribution >= 0.6 is 11.8 Å². The quantitative estimate of drug-likeness (QED) is 0.835. The molecular formula is C14H14N2O2S. The number of carboxylic acids is 1. The van der Waals surface area contributed by atoms with E-state index in [-0.39, 0.29) is 5.56 Å². The number of thioether (sulfide) groups is 1. The zero-order valence-corrected chi connectivity index (χ0v) is 11.5. The minimum Gasteiger partial charge on any atom is -0.478 e. The number of carbonyl (C=O) groups is 1. The standard InChI is InChI=1S/C14H14N2O2S/c1-9-10(14(17)18)7-8-13(15-9)16-11-5-3-4-6-12(11)19-2/h3-8H,1-2H3,(H,15,16)(H,17,18). The molecule has 4 nitrogen and oxygen atoms in total. The molecule has 0 radical (unpaired) electrons. The normalized spacial score (nSPS) is 10.2. The molecule has 0 unspecified atom stereocenters. The molecular weight excluding hydrogens is 260 g/mol. The summed E-state index contributed by atoms with van der Waals surface area (Å²) in [6.45, 7) is 1.69. The molecule has 0 spiro atoms. The summed E-state index contributed by atoms with van der Waals surface area (Å²) < 4.78 is 0. The SMILES string of the molecule is CSc1ccccc1Nc1ccc(C(=O)O)c(C)n1. The second kappa shape index (κ2) is 5.75. The maximum absolute atomic E-state index is 10.9. The highest BCUT2D eigenvalue weighted by molar-refractivity contribution is 7.98. The first-order chi connectivity index (χ1) is 9.11. The van der Waals surface area contributed by atoms with Gasteiger partial charge in [0, 0.05) is 4.90 Å². The minimum atomic E-state index is -0.957. The molecule has 0 saturated carbocycles. The largest absolute Gasteiger partial charge is 0.478 e. The van der Waals surface area contributed by atoms with Crippen molar-refractivity contribution in [2.45, 2.75) is 11.8 Å². The Labute approximate surface area is 115 Å². The van der Waals surface area contributed by atoms with E-state index in [1.54, 1.807) is 30.8 Å². The van der Waals surface area contributed by atoms with Gasteiger partial charge in [-0.2, -0.15) is 0 Å². The second-order valence-electron chi connectivity index (χ2n) is 3.96. The van der Waals surface area contributed by atoms with Crippen LogP contribution in [0.25, 0.3) is 0 Å². The van der Waals surface area contributed by atoms with Crippen molar-refractivity contribution in [1.29, 1.82) is 0 Å². The molecule has 19 heavy (non-hydrogen) atoms. The van der Waals surface area contributed by atoms with Crippen molar-refractivity contribution >= 4 is 29.2 Å². The van der Waals surface area contributed by atoms with Crippen LogP contribution in [0, 0.1) is 6.92 Å². The van der Waals surface area contributed by atoms with Crippen molar-refractivity contribution in [3.05, 3.63) is 47.7 Å². The highest BCUT2D eigenvalue weighted by atomic mass is 32.2. The van der Waals surface area contributed by atoms with Gasteiger partial charge < -0.3 is 10.4 Å². The maximum atomic E-state index is 10.9. The number of nitrogens with zero attached hydrogens (tertiary/aromatic N) is 1. The number of anilines is 2. The Bertz CT molecular complexity index is 614. The summed E-state index contributed by atoms with van der Waals surface area (Å²) in [4.78, 5) is 16.3. The van der Waals surface area contributed by atoms with Crippen LogP contribution in [0.4, 0.5) is 11.5 Å². The fraction of sp³-hybridized carbons (Fsp3) is 0.143. The third kappa shape index (κ3) is 3.06. The molecule has 5 heteroatoms. The van der Waals surface area contributed by atoms with Crippen LogP contribution in [0.5, 0.6) is 0 Å². The van der Waals surface area contributed by atoms with E-state index in [0.29, 0.717) is 11.5 Å². The summed E-state index contributed by atoms with van der Waals surface area (Å²) in [6.07, 6.45) is 2.01. The maximum Gasteiger partial charge on any atom is 0.337 e. The molecule has 0 bridgehead atoms. The molecule has 1 aromatic carbocycles. The van der Waals surface area contributed by atoms with Crippen molar-refractivity contribution in [3.8, 4) is 0 Å². The Morgan fingerprint density at radius 3 is 2.63 bits per heavy atom. The zero-order valence-electron chi connectivity index (χ0n) is 10.7. The van der Waals surface area contributed by atoms with Gasteiger partial charge in [0.05, 0.1) is 16.9 Å². The lowest BCUT2D eigenvalue weighted by Crippen LogP contribution is -2.03. The second-order valence-corrected chi connectivity index (χ2v) is 4.81. The van der Waals surface area contributed by atoms with Gasteiger partial charge in [0.15, 0.2) is 0 Å². The van der Waals surface area contributed by atoms with E-state index in [1.165, 1.54) is 0 Å². The predicted molar refractivity (Wildman–Crippen MR) is 77.4 cm³/mol. The van der Waals surface area contributed by atoms with Crippen LogP contribution in [-0.2, 0) is 0 Å². The molecule has 0 fully saturated rings. The van der Waals surface area contributed by atoms with Crippen LogP contribution in [0.1, 0.15) is 16.1 Å². The lowest BCUT2D eigenvalue weighted by atomic mass is 10.2. The van der Waals surface area contributed by atoms with Crippen LogP contribution in [0.3, 0.4) is 0 Å². The van der Waals surface area contributed by atoms with E-state index >= 15 is 0 Å². The van der Waals surface area contributed by atoms with Gasteiger partial charge >= 0.3 is 5.97 Å². The number of rotatable bonds is 4. The van der Waals surface area contributed by atoms with Crippen LogP contribution in [0.15, 0.2) is 41.3 Å². The van der Waals surface area contributed by atoms with Gasteiger partial charge in [-0.05, 0) is 37.4 Å². The number of aromatic carboxylic acids is 1. The summed E-state index contributed by atoms with van der Waals surface area (Å²) in [7, 11) is 0. The molecule has 1 aromatic heterocycles.